The van der Waals surface area contributed by atoms with Crippen molar-refractivity contribution < 1.29 is 47.5 Å². The third kappa shape index (κ3) is 51.8. The SMILES string of the molecule is CC/C=C\C/C=C\C/C=C\C/C=C\CCCCCCCCCCCCC(=O)OC(COC(=O)CCCCCCCCCCCCCCCCCCCCCCCCC)COP(=O)(O)OCC(N)C(=O)O. The number of hydrogen-bond donors (Lipinski definition) is 3. The second-order valence-corrected chi connectivity index (χ2v) is 20.9. The number of unbranched alkanes of at least 4 members (excludes halogenated alkanes) is 32. The van der Waals surface area contributed by atoms with Crippen LogP contribution in [0.4, 0.5) is 0 Å². The van der Waals surface area contributed by atoms with E-state index in [0.717, 1.165) is 70.6 Å². The van der Waals surface area contributed by atoms with E-state index in [0.29, 0.717) is 12.8 Å². The van der Waals surface area contributed by atoms with Crippen LogP contribution in [0.5, 0.6) is 0 Å². The van der Waals surface area contributed by atoms with Gasteiger partial charge in [-0.1, -0.05) is 255 Å². The molecule has 0 radical (unpaired) electrons. The number of aliphatic carboxylic acids is 1. The Kier molecular flexibility index (Phi) is 50.8. The predicted molar refractivity (Wildman–Crippen MR) is 291 cm³/mol. The lowest BCUT2D eigenvalue weighted by Gasteiger charge is -2.20. The monoisotopic (exact) mass is 1010 g/mol. The second kappa shape index (κ2) is 52.8. The van der Waals surface area contributed by atoms with E-state index in [1.807, 2.05) is 0 Å². The highest BCUT2D eigenvalue weighted by atomic mass is 31.2. The molecular formula is C58H106NO10P. The van der Waals surface area contributed by atoms with Crippen molar-refractivity contribution >= 4 is 25.7 Å². The molecule has 0 aromatic rings. The van der Waals surface area contributed by atoms with Crippen LogP contribution in [0.2, 0.25) is 0 Å². The lowest BCUT2D eigenvalue weighted by atomic mass is 10.0. The fraction of sp³-hybridized carbons (Fsp3) is 0.810. The number of carbonyl (C=O) groups excluding carboxylic acids is 2. The Balaban J connectivity index is 4.15. The van der Waals surface area contributed by atoms with Crippen LogP contribution in [0.25, 0.3) is 0 Å². The van der Waals surface area contributed by atoms with Crippen molar-refractivity contribution in [3.63, 3.8) is 0 Å². The van der Waals surface area contributed by atoms with Crippen molar-refractivity contribution in [1.82, 2.24) is 0 Å². The molecule has 11 nitrogen and oxygen atoms in total. The van der Waals surface area contributed by atoms with E-state index in [2.05, 4.69) is 62.5 Å². The number of carbonyl (C=O) groups is 3. The molecule has 0 aromatic heterocycles. The third-order valence-corrected chi connectivity index (χ3v) is 13.5. The van der Waals surface area contributed by atoms with Crippen LogP contribution in [0.1, 0.15) is 271 Å². The van der Waals surface area contributed by atoms with Gasteiger partial charge >= 0.3 is 25.7 Å². The number of esters is 2. The number of carboxylic acid groups (broad SMARTS) is 1. The Morgan fingerprint density at radius 1 is 0.457 bits per heavy atom. The first-order valence-corrected chi connectivity index (χ1v) is 30.2. The van der Waals surface area contributed by atoms with Gasteiger partial charge in [0.25, 0.3) is 0 Å². The molecule has 0 amide bonds. The Morgan fingerprint density at radius 3 is 1.20 bits per heavy atom. The van der Waals surface area contributed by atoms with Gasteiger partial charge in [0, 0.05) is 12.8 Å². The van der Waals surface area contributed by atoms with Gasteiger partial charge in [0.1, 0.15) is 12.6 Å². The van der Waals surface area contributed by atoms with Gasteiger partial charge in [0.2, 0.25) is 0 Å². The summed E-state index contributed by atoms with van der Waals surface area (Å²) in [7, 11) is -4.73. The molecule has 0 bridgehead atoms. The van der Waals surface area contributed by atoms with Gasteiger partial charge < -0.3 is 25.2 Å². The highest BCUT2D eigenvalue weighted by Crippen LogP contribution is 2.43. The maximum Gasteiger partial charge on any atom is 0.472 e. The molecule has 0 saturated heterocycles. The Morgan fingerprint density at radius 2 is 0.800 bits per heavy atom. The van der Waals surface area contributed by atoms with E-state index in [4.69, 9.17) is 29.4 Å². The molecule has 0 aliphatic rings. The van der Waals surface area contributed by atoms with Gasteiger partial charge in [-0.25, -0.2) is 4.57 Å². The minimum atomic E-state index is -4.73. The van der Waals surface area contributed by atoms with E-state index < -0.39 is 51.1 Å². The molecule has 0 fully saturated rings. The largest absolute Gasteiger partial charge is 0.480 e. The fourth-order valence-electron chi connectivity index (χ4n) is 8.18. The molecule has 70 heavy (non-hydrogen) atoms. The maximum absolute atomic E-state index is 12.7. The molecule has 12 heteroatoms. The summed E-state index contributed by atoms with van der Waals surface area (Å²) < 4.78 is 33.0. The van der Waals surface area contributed by atoms with Crippen molar-refractivity contribution in [2.24, 2.45) is 5.73 Å². The molecule has 0 aliphatic carbocycles. The van der Waals surface area contributed by atoms with Crippen LogP contribution in [0, 0.1) is 0 Å². The summed E-state index contributed by atoms with van der Waals surface area (Å²) in [5.41, 5.74) is 5.37. The summed E-state index contributed by atoms with van der Waals surface area (Å²) in [6.07, 6.45) is 63.2. The molecule has 3 atom stereocenters. The molecule has 0 saturated carbocycles. The number of rotatable bonds is 54. The number of ether oxygens (including phenoxy) is 2. The standard InChI is InChI=1S/C58H106NO10P/c1-3-5-7-9-11-13-15-17-19-21-23-25-27-29-31-33-35-37-39-41-43-45-47-49-56(60)66-51-54(52-67-70(64,65)68-53-55(59)58(62)63)69-57(61)50-48-46-44-42-40-38-36-34-32-30-28-26-24-22-20-18-16-14-12-10-8-6-4-2/h6,8,12,14,18,20,24,26,54-55H,3-5,7,9-11,13,15-17,19,21-23,25,27-53,59H2,1-2H3,(H,62,63)(H,64,65)/b8-6-,14-12-,20-18-,26-24-. The number of nitrogens with two attached hydrogens (primary N) is 1. The molecule has 408 valence electrons. The van der Waals surface area contributed by atoms with E-state index >= 15 is 0 Å². The average molecular weight is 1010 g/mol. The molecular weight excluding hydrogens is 902 g/mol. The van der Waals surface area contributed by atoms with Gasteiger partial charge in [-0.3, -0.25) is 23.4 Å². The summed E-state index contributed by atoms with van der Waals surface area (Å²) in [6, 6.07) is -1.52. The molecule has 0 aliphatic heterocycles. The maximum atomic E-state index is 12.7. The Labute approximate surface area is 428 Å². The van der Waals surface area contributed by atoms with Crippen molar-refractivity contribution in [2.45, 2.75) is 283 Å². The van der Waals surface area contributed by atoms with E-state index in [-0.39, 0.29) is 19.4 Å². The number of phosphoric ester groups is 1. The quantitative estimate of drug-likeness (QED) is 0.0229. The van der Waals surface area contributed by atoms with Crippen molar-refractivity contribution in [3.8, 4) is 0 Å². The molecule has 0 rings (SSSR count). The first-order valence-electron chi connectivity index (χ1n) is 28.7. The smallest absolute Gasteiger partial charge is 0.472 e. The molecule has 0 spiro atoms. The van der Waals surface area contributed by atoms with E-state index in [1.54, 1.807) is 0 Å². The highest BCUT2D eigenvalue weighted by molar-refractivity contribution is 7.47. The zero-order valence-corrected chi connectivity index (χ0v) is 45.8. The summed E-state index contributed by atoms with van der Waals surface area (Å²) in [6.45, 7) is 2.75. The van der Waals surface area contributed by atoms with Crippen molar-refractivity contribution in [2.75, 3.05) is 19.8 Å². The van der Waals surface area contributed by atoms with Crippen LogP contribution >= 0.6 is 7.82 Å². The zero-order chi connectivity index (χ0) is 51.3. The summed E-state index contributed by atoms with van der Waals surface area (Å²) in [5, 5.41) is 8.95. The topological polar surface area (TPSA) is 172 Å². The molecule has 3 unspecified atom stereocenters. The van der Waals surface area contributed by atoms with E-state index in [9.17, 15) is 23.8 Å². The lowest BCUT2D eigenvalue weighted by Crippen LogP contribution is -2.34. The molecule has 0 aromatic carbocycles. The molecule has 4 N–H and O–H groups in total. The van der Waals surface area contributed by atoms with Gasteiger partial charge in [0.05, 0.1) is 13.2 Å². The third-order valence-electron chi connectivity index (χ3n) is 12.6. The summed E-state index contributed by atoms with van der Waals surface area (Å²) in [5.74, 6) is -2.37. The van der Waals surface area contributed by atoms with Crippen LogP contribution in [0.3, 0.4) is 0 Å². The lowest BCUT2D eigenvalue weighted by molar-refractivity contribution is -0.161. The minimum absolute atomic E-state index is 0.157. The van der Waals surface area contributed by atoms with Crippen LogP contribution in [0.15, 0.2) is 48.6 Å². The number of carboxylic acids is 1. The van der Waals surface area contributed by atoms with Gasteiger partial charge in [-0.15, -0.1) is 0 Å². The van der Waals surface area contributed by atoms with Gasteiger partial charge in [-0.05, 0) is 51.4 Å². The average Bonchev–Trinajstić information content (AvgIpc) is 3.34. The van der Waals surface area contributed by atoms with Crippen LogP contribution in [-0.4, -0.2) is 59.9 Å². The summed E-state index contributed by atoms with van der Waals surface area (Å²) >= 11 is 0. The Hall–Kier alpha value is -2.56. The number of phosphoric acid groups is 1. The minimum Gasteiger partial charge on any atom is -0.480 e. The predicted octanol–water partition coefficient (Wildman–Crippen LogP) is 16.9. The van der Waals surface area contributed by atoms with Crippen LogP contribution in [-0.2, 0) is 37.5 Å². The number of allylic oxidation sites excluding steroid dienone is 8. The fourth-order valence-corrected chi connectivity index (χ4v) is 8.96. The normalized spacial score (nSPS) is 13.8. The van der Waals surface area contributed by atoms with Crippen molar-refractivity contribution in [3.05, 3.63) is 48.6 Å². The van der Waals surface area contributed by atoms with Crippen molar-refractivity contribution in [1.29, 1.82) is 0 Å². The zero-order valence-electron chi connectivity index (χ0n) is 44.9. The highest BCUT2D eigenvalue weighted by Gasteiger charge is 2.28. The number of hydrogen-bond acceptors (Lipinski definition) is 9. The van der Waals surface area contributed by atoms with Gasteiger partial charge in [-0.2, -0.15) is 0 Å². The first kappa shape index (κ1) is 67.4. The summed E-state index contributed by atoms with van der Waals surface area (Å²) in [4.78, 5) is 46.3. The Bertz CT molecular complexity index is 1370. The second-order valence-electron chi connectivity index (χ2n) is 19.4. The van der Waals surface area contributed by atoms with Gasteiger partial charge in [0.15, 0.2) is 6.10 Å². The van der Waals surface area contributed by atoms with Crippen LogP contribution < -0.4 is 5.73 Å². The first-order chi connectivity index (χ1) is 34.1. The van der Waals surface area contributed by atoms with E-state index in [1.165, 1.54) is 161 Å². The molecule has 0 heterocycles.